The summed E-state index contributed by atoms with van der Waals surface area (Å²) in [5, 5.41) is 14.0. The number of rotatable bonds is 7. The molecule has 6 nitrogen and oxygen atoms in total. The van der Waals surface area contributed by atoms with Crippen LogP contribution in [0.4, 0.5) is 5.13 Å². The lowest BCUT2D eigenvalue weighted by atomic mass is 10.1. The Morgan fingerprint density at radius 2 is 2.00 bits per heavy atom. The maximum Gasteiger partial charge on any atom is 0.239 e. The number of aryl methyl sites for hydroxylation is 1. The van der Waals surface area contributed by atoms with E-state index in [4.69, 9.17) is 0 Å². The highest BCUT2D eigenvalue weighted by Gasteiger charge is 2.20. The number of thiazole rings is 1. The lowest BCUT2D eigenvalue weighted by Gasteiger charge is -2.13. The third-order valence-corrected chi connectivity index (χ3v) is 5.97. The van der Waals surface area contributed by atoms with Crippen LogP contribution in [0.2, 0.25) is 0 Å². The normalized spacial score (nSPS) is 12.3. The van der Waals surface area contributed by atoms with Crippen LogP contribution < -0.4 is 5.32 Å². The summed E-state index contributed by atoms with van der Waals surface area (Å²) in [7, 11) is 0. The quantitative estimate of drug-likeness (QED) is 0.583. The van der Waals surface area contributed by atoms with Crippen LogP contribution in [0.5, 0.6) is 0 Å². The van der Waals surface area contributed by atoms with Crippen LogP contribution >= 0.6 is 23.1 Å². The van der Waals surface area contributed by atoms with Gasteiger partial charge in [0.1, 0.15) is 6.33 Å². The number of anilines is 1. The number of hydrogen-bond donors (Lipinski definition) is 1. The van der Waals surface area contributed by atoms with Crippen LogP contribution in [0.1, 0.15) is 39.3 Å². The van der Waals surface area contributed by atoms with E-state index in [2.05, 4.69) is 65.5 Å². The first kappa shape index (κ1) is 19.6. The van der Waals surface area contributed by atoms with Crippen molar-refractivity contribution in [2.45, 2.75) is 50.6 Å². The molecule has 0 saturated carbocycles. The first-order chi connectivity index (χ1) is 13.0. The molecule has 0 fully saturated rings. The van der Waals surface area contributed by atoms with Gasteiger partial charge in [0.15, 0.2) is 10.3 Å². The van der Waals surface area contributed by atoms with E-state index in [0.29, 0.717) is 5.13 Å². The van der Waals surface area contributed by atoms with Crippen molar-refractivity contribution in [2.75, 3.05) is 5.32 Å². The molecule has 0 bridgehead atoms. The molecule has 3 aromatic rings. The molecule has 27 heavy (non-hydrogen) atoms. The average Bonchev–Trinajstić information content (AvgIpc) is 3.31. The number of thioether (sulfide) groups is 1. The van der Waals surface area contributed by atoms with Crippen LogP contribution in [-0.2, 0) is 11.2 Å². The molecule has 2 heterocycles. The molecule has 0 aliphatic heterocycles. The van der Waals surface area contributed by atoms with E-state index in [9.17, 15) is 4.79 Å². The Hall–Kier alpha value is -2.19. The molecular weight excluding hydrogens is 378 g/mol. The number of amides is 1. The van der Waals surface area contributed by atoms with Crippen LogP contribution in [0.25, 0.3) is 11.3 Å². The van der Waals surface area contributed by atoms with Crippen molar-refractivity contribution >= 4 is 34.1 Å². The molecule has 0 aliphatic rings. The highest BCUT2D eigenvalue weighted by Crippen LogP contribution is 2.27. The Balaban J connectivity index is 1.63. The zero-order valence-electron chi connectivity index (χ0n) is 15.8. The number of nitrogens with one attached hydrogen (secondary N) is 1. The molecule has 0 unspecified atom stereocenters. The highest BCUT2D eigenvalue weighted by atomic mass is 32.2. The van der Waals surface area contributed by atoms with Gasteiger partial charge in [-0.3, -0.25) is 4.79 Å². The summed E-state index contributed by atoms with van der Waals surface area (Å²) >= 11 is 2.82. The Morgan fingerprint density at radius 1 is 1.26 bits per heavy atom. The average molecular weight is 402 g/mol. The smallest absolute Gasteiger partial charge is 0.239 e. The van der Waals surface area contributed by atoms with Gasteiger partial charge in [-0.15, -0.1) is 21.5 Å². The third kappa shape index (κ3) is 4.75. The molecule has 0 saturated heterocycles. The Kier molecular flexibility index (Phi) is 6.28. The zero-order valence-corrected chi connectivity index (χ0v) is 17.5. The molecule has 0 aliphatic carbocycles. The second kappa shape index (κ2) is 8.67. The van der Waals surface area contributed by atoms with E-state index >= 15 is 0 Å². The summed E-state index contributed by atoms with van der Waals surface area (Å²) in [6, 6.07) is 8.60. The molecule has 1 N–H and O–H groups in total. The standard InChI is InChI=1S/C19H23N5OS2/c1-5-14-6-8-15(9-7-14)16-10-26-18(21-16)22-17(25)13(4)27-19-23-20-11-24(19)12(2)3/h6-13H,5H2,1-4H3,(H,21,22,25)/t13-/m1/s1. The molecule has 2 aromatic heterocycles. The molecule has 1 amide bonds. The van der Waals surface area contributed by atoms with Gasteiger partial charge in [0.05, 0.1) is 10.9 Å². The van der Waals surface area contributed by atoms with Gasteiger partial charge in [-0.1, -0.05) is 43.0 Å². The van der Waals surface area contributed by atoms with E-state index in [0.717, 1.165) is 22.8 Å². The Morgan fingerprint density at radius 3 is 2.67 bits per heavy atom. The summed E-state index contributed by atoms with van der Waals surface area (Å²) in [6.45, 7) is 8.11. The fourth-order valence-electron chi connectivity index (χ4n) is 2.46. The predicted octanol–water partition coefficient (Wildman–Crippen LogP) is 4.66. The summed E-state index contributed by atoms with van der Waals surface area (Å²) in [5.74, 6) is -0.0967. The number of hydrogen-bond acceptors (Lipinski definition) is 6. The summed E-state index contributed by atoms with van der Waals surface area (Å²) in [6.07, 6.45) is 2.70. The van der Waals surface area contributed by atoms with Gasteiger partial charge in [-0.25, -0.2) is 4.98 Å². The number of benzene rings is 1. The number of carbonyl (C=O) groups excluding carboxylic acids is 1. The second-order valence-corrected chi connectivity index (χ2v) is 8.62. The van der Waals surface area contributed by atoms with Gasteiger partial charge in [-0.2, -0.15) is 0 Å². The maximum atomic E-state index is 12.5. The van der Waals surface area contributed by atoms with Gasteiger partial charge >= 0.3 is 0 Å². The molecule has 8 heteroatoms. The van der Waals surface area contributed by atoms with Crippen LogP contribution in [0.3, 0.4) is 0 Å². The minimum Gasteiger partial charge on any atom is -0.306 e. The first-order valence-electron chi connectivity index (χ1n) is 8.89. The van der Waals surface area contributed by atoms with Crippen molar-refractivity contribution in [2.24, 2.45) is 0 Å². The predicted molar refractivity (Wildman–Crippen MR) is 111 cm³/mol. The summed E-state index contributed by atoms with van der Waals surface area (Å²) in [4.78, 5) is 17.1. The summed E-state index contributed by atoms with van der Waals surface area (Å²) < 4.78 is 1.95. The van der Waals surface area contributed by atoms with E-state index in [1.54, 1.807) is 6.33 Å². The van der Waals surface area contributed by atoms with Gasteiger partial charge in [0, 0.05) is 17.0 Å². The number of aromatic nitrogens is 4. The van der Waals surface area contributed by atoms with Crippen molar-refractivity contribution in [1.82, 2.24) is 19.7 Å². The van der Waals surface area contributed by atoms with E-state index in [-0.39, 0.29) is 17.2 Å². The van der Waals surface area contributed by atoms with E-state index < -0.39 is 0 Å². The number of carbonyl (C=O) groups is 1. The maximum absolute atomic E-state index is 12.5. The SMILES string of the molecule is CCc1ccc(-c2csc(NC(=O)[C@@H](C)Sc3nncn3C(C)C)n2)cc1. The zero-order chi connectivity index (χ0) is 19.4. The second-order valence-electron chi connectivity index (χ2n) is 6.45. The van der Waals surface area contributed by atoms with Crippen molar-refractivity contribution in [3.05, 3.63) is 41.5 Å². The van der Waals surface area contributed by atoms with Gasteiger partial charge in [0.2, 0.25) is 5.91 Å². The minimum absolute atomic E-state index is 0.0967. The van der Waals surface area contributed by atoms with Gasteiger partial charge in [-0.05, 0) is 32.8 Å². The minimum atomic E-state index is -0.303. The molecule has 0 spiro atoms. The van der Waals surface area contributed by atoms with Crippen molar-refractivity contribution in [3.63, 3.8) is 0 Å². The lowest BCUT2D eigenvalue weighted by molar-refractivity contribution is -0.115. The highest BCUT2D eigenvalue weighted by molar-refractivity contribution is 8.00. The molecular formula is C19H23N5OS2. The molecule has 1 atom stereocenters. The first-order valence-corrected chi connectivity index (χ1v) is 10.7. The van der Waals surface area contributed by atoms with E-state index in [1.165, 1.54) is 28.7 Å². The Labute approximate surface area is 167 Å². The third-order valence-electron chi connectivity index (χ3n) is 4.14. The monoisotopic (exact) mass is 401 g/mol. The molecule has 1 aromatic carbocycles. The van der Waals surface area contributed by atoms with Crippen molar-refractivity contribution in [1.29, 1.82) is 0 Å². The van der Waals surface area contributed by atoms with Crippen LogP contribution in [0.15, 0.2) is 41.1 Å². The summed E-state index contributed by atoms with van der Waals surface area (Å²) in [5.41, 5.74) is 3.22. The lowest BCUT2D eigenvalue weighted by Crippen LogP contribution is -2.23. The van der Waals surface area contributed by atoms with Crippen LogP contribution in [-0.4, -0.2) is 30.9 Å². The fourth-order valence-corrected chi connectivity index (χ4v) is 4.14. The van der Waals surface area contributed by atoms with Crippen LogP contribution in [0, 0.1) is 0 Å². The number of nitrogens with zero attached hydrogens (tertiary/aromatic N) is 4. The largest absolute Gasteiger partial charge is 0.306 e. The van der Waals surface area contributed by atoms with Gasteiger partial charge in [0.25, 0.3) is 0 Å². The van der Waals surface area contributed by atoms with E-state index in [1.807, 2.05) is 16.9 Å². The van der Waals surface area contributed by atoms with Crippen molar-refractivity contribution < 1.29 is 4.79 Å². The fraction of sp³-hybridized carbons (Fsp3) is 0.368. The molecule has 3 rings (SSSR count). The Bertz CT molecular complexity index is 901. The van der Waals surface area contributed by atoms with Gasteiger partial charge < -0.3 is 9.88 Å². The topological polar surface area (TPSA) is 72.7 Å². The molecule has 142 valence electrons. The molecule has 0 radical (unpaired) electrons. The van der Waals surface area contributed by atoms with Crippen molar-refractivity contribution in [3.8, 4) is 11.3 Å².